The molecule has 7 heteroatoms. The molecule has 0 unspecified atom stereocenters. The summed E-state index contributed by atoms with van der Waals surface area (Å²) in [7, 11) is 0. The Labute approximate surface area is 110 Å². The largest absolute Gasteiger partial charge is 0.416 e. The monoisotopic (exact) mass is 289 g/mol. The van der Waals surface area contributed by atoms with Gasteiger partial charge in [0.15, 0.2) is 11.6 Å². The highest BCUT2D eigenvalue weighted by atomic mass is 19.4. The minimum Gasteiger partial charge on any atom is -0.379 e. The zero-order chi connectivity index (χ0) is 14.8. The summed E-state index contributed by atoms with van der Waals surface area (Å²) in [5, 5.41) is 0. The lowest BCUT2D eigenvalue weighted by molar-refractivity contribution is -0.137. The van der Waals surface area contributed by atoms with Gasteiger partial charge in [0, 0.05) is 0 Å². The van der Waals surface area contributed by atoms with Crippen molar-refractivity contribution >= 4 is 5.69 Å². The Morgan fingerprint density at radius 1 is 0.900 bits per heavy atom. The van der Waals surface area contributed by atoms with Gasteiger partial charge in [-0.05, 0) is 42.5 Å². The van der Waals surface area contributed by atoms with E-state index in [1.165, 1.54) is 12.1 Å². The van der Waals surface area contributed by atoms with Crippen LogP contribution in [0.3, 0.4) is 0 Å². The molecule has 0 atom stereocenters. The number of alkyl halides is 3. The zero-order valence-corrected chi connectivity index (χ0v) is 9.84. The summed E-state index contributed by atoms with van der Waals surface area (Å²) in [5.41, 5.74) is 1.52. The predicted octanol–water partition coefficient (Wildman–Crippen LogP) is 4.39. The lowest BCUT2D eigenvalue weighted by Crippen LogP contribution is -2.09. The molecule has 0 saturated carbocycles. The number of anilines is 1. The average Bonchev–Trinajstić information content (AvgIpc) is 2.38. The van der Waals surface area contributed by atoms with Gasteiger partial charge in [-0.25, -0.2) is 14.3 Å². The topological polar surface area (TPSA) is 21.3 Å². The standard InChI is InChI=1S/C13H8F5NO/c14-9-2-4-10(5-3-9)19-20-12-6-1-8(7-11(12)15)13(16,17)18/h1-7,19H. The molecule has 0 aromatic heterocycles. The first-order valence-corrected chi connectivity index (χ1v) is 5.41. The summed E-state index contributed by atoms with van der Waals surface area (Å²) in [6.07, 6.45) is -4.62. The molecule has 2 aromatic carbocycles. The van der Waals surface area contributed by atoms with Crippen LogP contribution in [-0.4, -0.2) is 0 Å². The molecule has 0 spiro atoms. The Kier molecular flexibility index (Phi) is 3.78. The summed E-state index contributed by atoms with van der Waals surface area (Å²) in [5.74, 6) is -2.02. The fourth-order valence-electron chi connectivity index (χ4n) is 1.39. The van der Waals surface area contributed by atoms with Crippen molar-refractivity contribution in [2.45, 2.75) is 6.18 Å². The van der Waals surface area contributed by atoms with Gasteiger partial charge in [-0.3, -0.25) is 0 Å². The van der Waals surface area contributed by atoms with Crippen LogP contribution in [0.1, 0.15) is 5.56 Å². The summed E-state index contributed by atoms with van der Waals surface area (Å²) < 4.78 is 63.0. The maximum atomic E-state index is 13.4. The molecule has 2 nitrogen and oxygen atoms in total. The van der Waals surface area contributed by atoms with Crippen LogP contribution in [0.2, 0.25) is 0 Å². The molecule has 2 rings (SSSR count). The second-order valence-electron chi connectivity index (χ2n) is 3.85. The van der Waals surface area contributed by atoms with Crippen molar-refractivity contribution in [1.82, 2.24) is 0 Å². The molecular weight excluding hydrogens is 281 g/mol. The average molecular weight is 289 g/mol. The van der Waals surface area contributed by atoms with Crippen LogP contribution in [0, 0.1) is 11.6 Å². The number of nitrogens with one attached hydrogen (secondary N) is 1. The fraction of sp³-hybridized carbons (Fsp3) is 0.0769. The molecule has 0 aliphatic rings. The highest BCUT2D eigenvalue weighted by Gasteiger charge is 2.31. The second-order valence-corrected chi connectivity index (χ2v) is 3.85. The second kappa shape index (κ2) is 5.36. The third-order valence-corrected chi connectivity index (χ3v) is 2.38. The Morgan fingerprint density at radius 2 is 1.55 bits per heavy atom. The highest BCUT2D eigenvalue weighted by Crippen LogP contribution is 2.31. The van der Waals surface area contributed by atoms with Crippen LogP contribution in [0.4, 0.5) is 27.6 Å². The maximum absolute atomic E-state index is 13.4. The number of halogens is 5. The molecule has 0 bridgehead atoms. The van der Waals surface area contributed by atoms with Gasteiger partial charge in [0.2, 0.25) is 0 Å². The van der Waals surface area contributed by atoms with Crippen molar-refractivity contribution in [2.24, 2.45) is 0 Å². The van der Waals surface area contributed by atoms with Crippen molar-refractivity contribution in [1.29, 1.82) is 0 Å². The first kappa shape index (κ1) is 14.1. The summed E-state index contributed by atoms with van der Waals surface area (Å²) in [4.78, 5) is 4.82. The van der Waals surface area contributed by atoms with Gasteiger partial charge in [-0.15, -0.1) is 0 Å². The van der Waals surface area contributed by atoms with Crippen molar-refractivity contribution in [3.63, 3.8) is 0 Å². The van der Waals surface area contributed by atoms with Crippen LogP contribution < -0.4 is 10.3 Å². The van der Waals surface area contributed by atoms with Gasteiger partial charge in [0.25, 0.3) is 0 Å². The van der Waals surface area contributed by atoms with Crippen molar-refractivity contribution in [3.8, 4) is 5.75 Å². The van der Waals surface area contributed by atoms with Crippen molar-refractivity contribution < 1.29 is 26.8 Å². The zero-order valence-electron chi connectivity index (χ0n) is 9.84. The minimum atomic E-state index is -4.62. The van der Waals surface area contributed by atoms with Gasteiger partial charge in [-0.1, -0.05) is 0 Å². The SMILES string of the molecule is Fc1ccc(NOc2ccc(C(F)(F)F)cc2F)cc1. The van der Waals surface area contributed by atoms with Crippen molar-refractivity contribution in [2.75, 3.05) is 5.48 Å². The lowest BCUT2D eigenvalue weighted by atomic mass is 10.2. The Morgan fingerprint density at radius 3 is 2.10 bits per heavy atom. The van der Waals surface area contributed by atoms with Gasteiger partial charge in [0.1, 0.15) is 5.82 Å². The molecule has 0 aliphatic heterocycles. The Balaban J connectivity index is 2.08. The van der Waals surface area contributed by atoms with E-state index in [1.807, 2.05) is 0 Å². The van der Waals surface area contributed by atoms with Crippen molar-refractivity contribution in [3.05, 3.63) is 59.7 Å². The van der Waals surface area contributed by atoms with Gasteiger partial charge in [0.05, 0.1) is 11.3 Å². The molecule has 20 heavy (non-hydrogen) atoms. The number of hydrogen-bond acceptors (Lipinski definition) is 2. The number of rotatable bonds is 3. The van der Waals surface area contributed by atoms with Crippen LogP contribution in [-0.2, 0) is 6.18 Å². The summed E-state index contributed by atoms with van der Waals surface area (Å²) in [6.45, 7) is 0. The van der Waals surface area contributed by atoms with Crippen LogP contribution in [0.25, 0.3) is 0 Å². The van der Waals surface area contributed by atoms with E-state index in [1.54, 1.807) is 0 Å². The molecule has 0 amide bonds. The normalized spacial score (nSPS) is 11.2. The molecule has 106 valence electrons. The van der Waals surface area contributed by atoms with E-state index in [0.717, 1.165) is 18.2 Å². The van der Waals surface area contributed by atoms with E-state index in [0.29, 0.717) is 17.8 Å². The van der Waals surface area contributed by atoms with E-state index in [4.69, 9.17) is 4.84 Å². The van der Waals surface area contributed by atoms with Crippen LogP contribution >= 0.6 is 0 Å². The third-order valence-electron chi connectivity index (χ3n) is 2.38. The van der Waals surface area contributed by atoms with E-state index in [-0.39, 0.29) is 0 Å². The molecule has 2 aromatic rings. The van der Waals surface area contributed by atoms with E-state index < -0.39 is 29.1 Å². The summed E-state index contributed by atoms with van der Waals surface area (Å²) >= 11 is 0. The summed E-state index contributed by atoms with van der Waals surface area (Å²) in [6, 6.07) is 6.85. The predicted molar refractivity (Wildman–Crippen MR) is 62.1 cm³/mol. The van der Waals surface area contributed by atoms with E-state index in [2.05, 4.69) is 5.48 Å². The molecule has 0 heterocycles. The maximum Gasteiger partial charge on any atom is 0.416 e. The van der Waals surface area contributed by atoms with Crippen LogP contribution in [0.15, 0.2) is 42.5 Å². The highest BCUT2D eigenvalue weighted by molar-refractivity contribution is 5.42. The minimum absolute atomic E-state index is 0.325. The molecule has 0 radical (unpaired) electrons. The Bertz CT molecular complexity index is 595. The quantitative estimate of drug-likeness (QED) is 0.668. The van der Waals surface area contributed by atoms with Gasteiger partial charge < -0.3 is 4.84 Å². The number of benzene rings is 2. The first-order valence-electron chi connectivity index (χ1n) is 5.41. The molecule has 1 N–H and O–H groups in total. The fourth-order valence-corrected chi connectivity index (χ4v) is 1.39. The molecular formula is C13H8F5NO. The first-order chi connectivity index (χ1) is 9.36. The third kappa shape index (κ3) is 3.37. The smallest absolute Gasteiger partial charge is 0.379 e. The Hall–Kier alpha value is -2.31. The van der Waals surface area contributed by atoms with E-state index in [9.17, 15) is 22.0 Å². The lowest BCUT2D eigenvalue weighted by Gasteiger charge is -2.11. The molecule has 0 fully saturated rings. The van der Waals surface area contributed by atoms with E-state index >= 15 is 0 Å². The number of hydrogen-bond donors (Lipinski definition) is 1. The molecule has 0 saturated heterocycles. The van der Waals surface area contributed by atoms with Gasteiger partial charge in [-0.2, -0.15) is 13.2 Å². The van der Waals surface area contributed by atoms with Crippen LogP contribution in [0.5, 0.6) is 5.75 Å². The van der Waals surface area contributed by atoms with Gasteiger partial charge >= 0.3 is 6.18 Å². The molecule has 0 aliphatic carbocycles.